The predicted octanol–water partition coefficient (Wildman–Crippen LogP) is 2.66. The van der Waals surface area contributed by atoms with Gasteiger partial charge in [0.05, 0.1) is 17.3 Å². The summed E-state index contributed by atoms with van der Waals surface area (Å²) in [6.45, 7) is 4.21. The van der Waals surface area contributed by atoms with E-state index in [1.807, 2.05) is 0 Å². The second kappa shape index (κ2) is 5.90. The summed E-state index contributed by atoms with van der Waals surface area (Å²) < 4.78 is 1.65. The third-order valence-electron chi connectivity index (χ3n) is 3.47. The van der Waals surface area contributed by atoms with Crippen LogP contribution in [0.3, 0.4) is 0 Å². The van der Waals surface area contributed by atoms with E-state index in [9.17, 15) is 9.90 Å². The molecule has 2 aromatic heterocycles. The van der Waals surface area contributed by atoms with Crippen molar-refractivity contribution in [1.29, 1.82) is 0 Å². The van der Waals surface area contributed by atoms with Gasteiger partial charge in [0.1, 0.15) is 5.56 Å². The van der Waals surface area contributed by atoms with E-state index in [-0.39, 0.29) is 11.6 Å². The molecule has 20 heavy (non-hydrogen) atoms. The molecule has 0 aromatic carbocycles. The topological polar surface area (TPSA) is 80.0 Å². The lowest BCUT2D eigenvalue weighted by atomic mass is 10.1. The maximum absolute atomic E-state index is 11.4. The molecule has 0 bridgehead atoms. The molecule has 0 amide bonds. The number of rotatable bonds is 6. The summed E-state index contributed by atoms with van der Waals surface area (Å²) in [6, 6.07) is 0.254. The molecule has 2 N–H and O–H groups in total. The molecule has 2 heterocycles. The van der Waals surface area contributed by atoms with Crippen molar-refractivity contribution in [3.8, 4) is 0 Å². The van der Waals surface area contributed by atoms with Crippen LogP contribution in [-0.4, -0.2) is 31.9 Å². The average molecular weight is 276 g/mol. The van der Waals surface area contributed by atoms with Gasteiger partial charge in [0.25, 0.3) is 0 Å². The Balaban J connectivity index is 2.51. The van der Waals surface area contributed by atoms with E-state index in [0.29, 0.717) is 11.3 Å². The van der Waals surface area contributed by atoms with Crippen LogP contribution in [0.25, 0.3) is 11.0 Å². The fourth-order valence-electron chi connectivity index (χ4n) is 2.34. The Kier molecular flexibility index (Phi) is 4.22. The van der Waals surface area contributed by atoms with Crippen molar-refractivity contribution in [3.63, 3.8) is 0 Å². The molecule has 0 saturated carbocycles. The Morgan fingerprint density at radius 1 is 1.45 bits per heavy atom. The first-order valence-corrected chi connectivity index (χ1v) is 6.89. The molecule has 0 aliphatic rings. The number of aryl methyl sites for hydroxylation is 1. The highest BCUT2D eigenvalue weighted by Crippen LogP contribution is 2.27. The number of carbonyl (C=O) groups is 1. The van der Waals surface area contributed by atoms with Crippen LogP contribution in [-0.2, 0) is 7.05 Å². The normalized spacial score (nSPS) is 12.6. The number of carboxylic acids is 1. The van der Waals surface area contributed by atoms with Crippen molar-refractivity contribution >= 4 is 22.7 Å². The molecular formula is C14H20N4O2. The van der Waals surface area contributed by atoms with Crippen LogP contribution in [0.5, 0.6) is 0 Å². The third-order valence-corrected chi connectivity index (χ3v) is 3.47. The number of aromatic nitrogens is 3. The van der Waals surface area contributed by atoms with Gasteiger partial charge in [-0.3, -0.25) is 4.68 Å². The summed E-state index contributed by atoms with van der Waals surface area (Å²) in [5.41, 5.74) is 1.50. The van der Waals surface area contributed by atoms with E-state index in [0.717, 1.165) is 24.6 Å². The molecule has 0 aliphatic carbocycles. The molecule has 2 rings (SSSR count). The average Bonchev–Trinajstić information content (AvgIpc) is 2.80. The van der Waals surface area contributed by atoms with E-state index < -0.39 is 5.97 Å². The summed E-state index contributed by atoms with van der Waals surface area (Å²) >= 11 is 0. The van der Waals surface area contributed by atoms with E-state index in [2.05, 4.69) is 29.2 Å². The molecular weight excluding hydrogens is 256 g/mol. The van der Waals surface area contributed by atoms with E-state index in [1.54, 1.807) is 17.9 Å². The molecule has 2 aromatic rings. The molecule has 0 spiro atoms. The summed E-state index contributed by atoms with van der Waals surface area (Å²) in [6.07, 6.45) is 6.05. The molecule has 0 saturated heterocycles. The number of hydrogen-bond donors (Lipinski definition) is 2. The number of aromatic carboxylic acids is 1. The zero-order valence-corrected chi connectivity index (χ0v) is 12.1. The molecule has 1 atom stereocenters. The minimum atomic E-state index is -0.975. The lowest BCUT2D eigenvalue weighted by molar-refractivity contribution is 0.0697. The quantitative estimate of drug-likeness (QED) is 0.847. The lowest BCUT2D eigenvalue weighted by Gasteiger charge is -2.19. The van der Waals surface area contributed by atoms with Crippen LogP contribution in [0.1, 0.15) is 43.5 Å². The van der Waals surface area contributed by atoms with Crippen LogP contribution >= 0.6 is 0 Å². The van der Waals surface area contributed by atoms with Gasteiger partial charge in [-0.05, 0) is 12.8 Å². The molecule has 0 radical (unpaired) electrons. The minimum absolute atomic E-state index is 0.194. The predicted molar refractivity (Wildman–Crippen MR) is 78.1 cm³/mol. The van der Waals surface area contributed by atoms with Crippen LogP contribution in [0, 0.1) is 0 Å². The summed E-state index contributed by atoms with van der Waals surface area (Å²) in [5.74, 6) is -0.975. The third kappa shape index (κ3) is 2.59. The van der Waals surface area contributed by atoms with Gasteiger partial charge in [0.15, 0.2) is 5.65 Å². The largest absolute Gasteiger partial charge is 0.478 e. The molecule has 0 aliphatic heterocycles. The van der Waals surface area contributed by atoms with Crippen molar-refractivity contribution in [2.45, 2.75) is 39.2 Å². The highest BCUT2D eigenvalue weighted by atomic mass is 16.4. The first-order chi connectivity index (χ1) is 9.58. The van der Waals surface area contributed by atoms with E-state index >= 15 is 0 Å². The zero-order valence-electron chi connectivity index (χ0n) is 12.1. The number of carboxylic acid groups (broad SMARTS) is 1. The minimum Gasteiger partial charge on any atom is -0.478 e. The molecule has 6 heteroatoms. The Morgan fingerprint density at radius 2 is 2.20 bits per heavy atom. The number of hydrogen-bond acceptors (Lipinski definition) is 4. The van der Waals surface area contributed by atoms with E-state index in [1.165, 1.54) is 6.20 Å². The van der Waals surface area contributed by atoms with Crippen LogP contribution in [0.15, 0.2) is 12.4 Å². The Hall–Kier alpha value is -2.11. The molecule has 0 fully saturated rings. The van der Waals surface area contributed by atoms with Gasteiger partial charge < -0.3 is 10.4 Å². The lowest BCUT2D eigenvalue weighted by Crippen LogP contribution is -2.20. The van der Waals surface area contributed by atoms with Gasteiger partial charge in [-0.1, -0.05) is 20.3 Å². The molecule has 6 nitrogen and oxygen atoms in total. The van der Waals surface area contributed by atoms with Crippen LogP contribution < -0.4 is 5.32 Å². The Morgan fingerprint density at radius 3 is 2.80 bits per heavy atom. The van der Waals surface area contributed by atoms with Crippen molar-refractivity contribution < 1.29 is 9.90 Å². The monoisotopic (exact) mass is 276 g/mol. The number of nitrogens with one attached hydrogen (secondary N) is 1. The first-order valence-electron chi connectivity index (χ1n) is 6.89. The summed E-state index contributed by atoms with van der Waals surface area (Å²) in [5, 5.41) is 17.6. The standard InChI is InChI=1S/C14H20N4O2/c1-4-6-9(5-2)17-12-10-8-16-18(3)13(10)15-7-11(12)14(19)20/h7-9H,4-6H2,1-3H3,(H,15,17)(H,19,20). The fourth-order valence-corrected chi connectivity index (χ4v) is 2.34. The van der Waals surface area contributed by atoms with Crippen molar-refractivity contribution in [2.75, 3.05) is 5.32 Å². The Labute approximate surface area is 117 Å². The van der Waals surface area contributed by atoms with Crippen molar-refractivity contribution in [3.05, 3.63) is 18.0 Å². The van der Waals surface area contributed by atoms with Gasteiger partial charge in [0, 0.05) is 19.3 Å². The number of anilines is 1. The van der Waals surface area contributed by atoms with Gasteiger partial charge >= 0.3 is 5.97 Å². The maximum atomic E-state index is 11.4. The van der Waals surface area contributed by atoms with Crippen LogP contribution in [0.2, 0.25) is 0 Å². The highest BCUT2D eigenvalue weighted by molar-refractivity contribution is 6.03. The smallest absolute Gasteiger partial charge is 0.339 e. The van der Waals surface area contributed by atoms with E-state index in [4.69, 9.17) is 0 Å². The second-order valence-corrected chi connectivity index (χ2v) is 4.90. The SMILES string of the molecule is CCCC(CC)Nc1c(C(=O)O)cnc2c1cnn2C. The number of fused-ring (bicyclic) bond motifs is 1. The van der Waals surface area contributed by atoms with Gasteiger partial charge in [-0.25, -0.2) is 9.78 Å². The molecule has 108 valence electrons. The fraction of sp³-hybridized carbons (Fsp3) is 0.500. The molecule has 1 unspecified atom stereocenters. The number of pyridine rings is 1. The first kappa shape index (κ1) is 14.3. The zero-order chi connectivity index (χ0) is 14.7. The van der Waals surface area contributed by atoms with Crippen molar-refractivity contribution in [2.24, 2.45) is 7.05 Å². The summed E-state index contributed by atoms with van der Waals surface area (Å²) in [7, 11) is 1.79. The highest BCUT2D eigenvalue weighted by Gasteiger charge is 2.18. The second-order valence-electron chi connectivity index (χ2n) is 4.90. The van der Waals surface area contributed by atoms with Gasteiger partial charge in [-0.15, -0.1) is 0 Å². The van der Waals surface area contributed by atoms with Gasteiger partial charge in [0.2, 0.25) is 0 Å². The maximum Gasteiger partial charge on any atom is 0.339 e. The van der Waals surface area contributed by atoms with Crippen molar-refractivity contribution in [1.82, 2.24) is 14.8 Å². The summed E-state index contributed by atoms with van der Waals surface area (Å²) in [4.78, 5) is 15.6. The number of nitrogens with zero attached hydrogens (tertiary/aromatic N) is 3. The van der Waals surface area contributed by atoms with Gasteiger partial charge in [-0.2, -0.15) is 5.10 Å². The Bertz CT molecular complexity index is 621. The van der Waals surface area contributed by atoms with Crippen LogP contribution in [0.4, 0.5) is 5.69 Å².